The van der Waals surface area contributed by atoms with Gasteiger partial charge in [0, 0.05) is 120 Å². The van der Waals surface area contributed by atoms with Crippen LogP contribution in [0.1, 0.15) is 108 Å². The Labute approximate surface area is 341 Å². The molecule has 5 aromatic carbocycles. The summed E-state index contributed by atoms with van der Waals surface area (Å²) in [6.07, 6.45) is 4.65. The number of rotatable bonds is 12. The predicted octanol–water partition coefficient (Wildman–Crippen LogP) is 9.45. The van der Waals surface area contributed by atoms with Crippen LogP contribution < -0.4 is 19.4 Å². The number of imide groups is 1. The summed E-state index contributed by atoms with van der Waals surface area (Å²) in [5.74, 6) is 0.943. The number of amides is 3. The van der Waals surface area contributed by atoms with Crippen molar-refractivity contribution in [1.29, 1.82) is 0 Å². The fraction of sp³-hybridized carbons (Fsp3) is 0.367. The number of piperidine rings is 1. The van der Waals surface area contributed by atoms with E-state index in [0.29, 0.717) is 36.1 Å². The van der Waals surface area contributed by atoms with Crippen molar-refractivity contribution in [3.63, 3.8) is 0 Å². The van der Waals surface area contributed by atoms with Gasteiger partial charge in [0.05, 0.1) is 0 Å². The molecule has 0 radical (unpaired) electrons. The van der Waals surface area contributed by atoms with Crippen LogP contribution in [0.25, 0.3) is 10.8 Å². The number of benzene rings is 5. The number of unbranched alkanes of at least 4 members (excludes halogenated alkanes) is 1. The highest BCUT2D eigenvalue weighted by Gasteiger charge is 2.56. The minimum atomic E-state index is -0.933. The predicted molar refractivity (Wildman–Crippen MR) is 232 cm³/mol. The van der Waals surface area contributed by atoms with Gasteiger partial charge < -0.3 is 24.3 Å². The summed E-state index contributed by atoms with van der Waals surface area (Å²) in [6, 6.07) is 30.6. The lowest BCUT2D eigenvalue weighted by Gasteiger charge is -2.45. The van der Waals surface area contributed by atoms with Gasteiger partial charge in [-0.15, -0.1) is 0 Å². The molecule has 3 amide bonds. The molecule has 0 aliphatic carbocycles. The normalized spacial score (nSPS) is 16.4. The van der Waals surface area contributed by atoms with E-state index in [2.05, 4.69) is 90.9 Å². The molecule has 9 heteroatoms. The molecule has 9 rings (SSSR count). The highest BCUT2D eigenvalue weighted by atomic mass is 16.5. The number of carbonyl (C=O) groups is 3. The fourth-order valence-electron chi connectivity index (χ4n) is 10.2. The highest BCUT2D eigenvalue weighted by Crippen LogP contribution is 2.58. The lowest BCUT2D eigenvalue weighted by atomic mass is 9.74. The molecule has 1 fully saturated rings. The first kappa shape index (κ1) is 37.7. The second-order valence-electron chi connectivity index (χ2n) is 15.9. The van der Waals surface area contributed by atoms with Gasteiger partial charge in [0.15, 0.2) is 0 Å². The van der Waals surface area contributed by atoms with Crippen LogP contribution in [0.3, 0.4) is 0 Å². The van der Waals surface area contributed by atoms with Crippen molar-refractivity contribution in [2.24, 2.45) is 0 Å². The maximum atomic E-state index is 14.8. The van der Waals surface area contributed by atoms with Crippen LogP contribution >= 0.6 is 0 Å². The Bertz CT molecular complexity index is 2340. The first-order valence-electron chi connectivity index (χ1n) is 21.4. The van der Waals surface area contributed by atoms with Crippen molar-refractivity contribution >= 4 is 45.6 Å². The Morgan fingerprint density at radius 3 is 1.81 bits per heavy atom. The molecule has 1 saturated heterocycles. The van der Waals surface area contributed by atoms with Crippen LogP contribution in [0.4, 0.5) is 17.1 Å². The molecular weight excluding hydrogens is 723 g/mol. The first-order valence-corrected chi connectivity index (χ1v) is 21.4. The van der Waals surface area contributed by atoms with Crippen LogP contribution in [0, 0.1) is 0 Å². The molecule has 0 atom stereocenters. The zero-order valence-electron chi connectivity index (χ0n) is 34.2. The Kier molecular flexibility index (Phi) is 9.86. The van der Waals surface area contributed by atoms with E-state index in [1.807, 2.05) is 47.4 Å². The van der Waals surface area contributed by atoms with Crippen molar-refractivity contribution in [3.8, 4) is 11.5 Å². The molecule has 0 saturated carbocycles. The standard InChI is InChI=1S/C49H53N5O4/c1-5-50(6-2)33-21-24-40-43(31-33)58-44-32-34(51(7-3)8-4)22-25-41(44)49(40)39-20-11-10-17-35(39)48(57)54(49)30-15-14-29-53-46(55)37-19-16-18-36-42(52-27-12-9-13-28-52)26-23-38(45(36)37)47(53)56/h10-11,16-26,31-32H,5-9,12-15,27-30H2,1-4H3. The molecule has 4 aliphatic rings. The summed E-state index contributed by atoms with van der Waals surface area (Å²) in [6.45, 7) is 14.7. The molecule has 298 valence electrons. The minimum Gasteiger partial charge on any atom is -0.456 e. The van der Waals surface area contributed by atoms with E-state index >= 15 is 0 Å². The Morgan fingerprint density at radius 2 is 1.17 bits per heavy atom. The number of nitrogens with zero attached hydrogens (tertiary/aromatic N) is 5. The van der Waals surface area contributed by atoms with Crippen LogP contribution in [-0.4, -0.2) is 79.9 Å². The van der Waals surface area contributed by atoms with E-state index in [4.69, 9.17) is 4.74 Å². The molecular formula is C49H53N5O4. The molecule has 0 unspecified atom stereocenters. The second-order valence-corrected chi connectivity index (χ2v) is 15.9. The van der Waals surface area contributed by atoms with Crippen molar-refractivity contribution in [2.45, 2.75) is 65.3 Å². The van der Waals surface area contributed by atoms with Crippen LogP contribution in [0.2, 0.25) is 0 Å². The Morgan fingerprint density at radius 1 is 0.586 bits per heavy atom. The summed E-state index contributed by atoms with van der Waals surface area (Å²) in [5, 5.41) is 1.74. The molecule has 5 aromatic rings. The lowest BCUT2D eigenvalue weighted by Crippen LogP contribution is -2.48. The van der Waals surface area contributed by atoms with Crippen LogP contribution in [0.5, 0.6) is 11.5 Å². The van der Waals surface area contributed by atoms with E-state index < -0.39 is 5.54 Å². The zero-order chi connectivity index (χ0) is 40.1. The van der Waals surface area contributed by atoms with Gasteiger partial charge in [-0.25, -0.2) is 0 Å². The van der Waals surface area contributed by atoms with Crippen molar-refractivity contribution in [2.75, 3.05) is 67.1 Å². The number of hydrogen-bond acceptors (Lipinski definition) is 7. The largest absolute Gasteiger partial charge is 0.456 e. The Hall–Kier alpha value is -5.83. The number of fused-ring (bicyclic) bond motifs is 6. The summed E-state index contributed by atoms with van der Waals surface area (Å²) in [7, 11) is 0. The maximum absolute atomic E-state index is 14.8. The quantitative estimate of drug-likeness (QED) is 0.0924. The summed E-state index contributed by atoms with van der Waals surface area (Å²) in [4.78, 5) is 53.4. The van der Waals surface area contributed by atoms with Gasteiger partial charge in [-0.05, 0) is 102 Å². The lowest BCUT2D eigenvalue weighted by molar-refractivity contribution is 0.0587. The molecule has 1 spiro atoms. The topological polar surface area (TPSA) is 76.6 Å². The Balaban J connectivity index is 1.05. The second kappa shape index (κ2) is 15.2. The van der Waals surface area contributed by atoms with Crippen LogP contribution in [-0.2, 0) is 5.54 Å². The molecule has 58 heavy (non-hydrogen) atoms. The van der Waals surface area contributed by atoms with E-state index in [9.17, 15) is 14.4 Å². The number of carbonyl (C=O) groups excluding carboxylic acids is 3. The van der Waals surface area contributed by atoms with Crippen molar-refractivity contribution in [1.82, 2.24) is 9.80 Å². The molecule has 0 N–H and O–H groups in total. The maximum Gasteiger partial charge on any atom is 0.261 e. The third-order valence-electron chi connectivity index (χ3n) is 13.1. The summed E-state index contributed by atoms with van der Waals surface area (Å²) in [5.41, 5.74) is 6.95. The van der Waals surface area contributed by atoms with Gasteiger partial charge in [-0.2, -0.15) is 0 Å². The number of ether oxygens (including phenoxy) is 1. The monoisotopic (exact) mass is 775 g/mol. The molecule has 4 aliphatic heterocycles. The van der Waals surface area contributed by atoms with E-state index in [-0.39, 0.29) is 24.3 Å². The van der Waals surface area contributed by atoms with E-state index in [0.717, 1.165) is 108 Å². The van der Waals surface area contributed by atoms with Gasteiger partial charge in [-0.3, -0.25) is 19.3 Å². The van der Waals surface area contributed by atoms with Gasteiger partial charge in [0.2, 0.25) is 0 Å². The van der Waals surface area contributed by atoms with E-state index in [1.165, 1.54) is 11.3 Å². The third kappa shape index (κ3) is 5.76. The minimum absolute atomic E-state index is 0.0368. The van der Waals surface area contributed by atoms with Gasteiger partial charge in [0.25, 0.3) is 17.7 Å². The van der Waals surface area contributed by atoms with Crippen molar-refractivity contribution < 1.29 is 19.1 Å². The average Bonchev–Trinajstić information content (AvgIpc) is 3.50. The number of hydrogen-bond donors (Lipinski definition) is 0. The van der Waals surface area contributed by atoms with Crippen molar-refractivity contribution in [3.05, 3.63) is 124 Å². The third-order valence-corrected chi connectivity index (χ3v) is 13.1. The SMILES string of the molecule is CCN(CC)c1ccc2c(c1)Oc1cc(N(CC)CC)ccc1C21c2ccccc2C(=O)N1CCCCN1C(=O)c2cccc3c(N4CCCCC4)ccc(c23)C1=O. The smallest absolute Gasteiger partial charge is 0.261 e. The van der Waals surface area contributed by atoms with Gasteiger partial charge in [-0.1, -0.05) is 42.5 Å². The van der Waals surface area contributed by atoms with Gasteiger partial charge in [0.1, 0.15) is 17.0 Å². The molecule has 4 heterocycles. The summed E-state index contributed by atoms with van der Waals surface area (Å²) < 4.78 is 6.87. The van der Waals surface area contributed by atoms with E-state index in [1.54, 1.807) is 0 Å². The molecule has 9 nitrogen and oxygen atoms in total. The first-order chi connectivity index (χ1) is 28.3. The average molecular weight is 776 g/mol. The highest BCUT2D eigenvalue weighted by molar-refractivity contribution is 6.26. The van der Waals surface area contributed by atoms with Gasteiger partial charge >= 0.3 is 0 Å². The summed E-state index contributed by atoms with van der Waals surface area (Å²) >= 11 is 0. The van der Waals surface area contributed by atoms with Crippen LogP contribution in [0.15, 0.2) is 91.0 Å². The fourth-order valence-corrected chi connectivity index (χ4v) is 10.2. The molecule has 0 bridgehead atoms. The molecule has 0 aromatic heterocycles. The number of anilines is 3. The zero-order valence-corrected chi connectivity index (χ0v) is 34.2.